The minimum atomic E-state index is -1.00. The third-order valence-electron chi connectivity index (χ3n) is 2.51. The van der Waals surface area contributed by atoms with Gasteiger partial charge < -0.3 is 28.4 Å². The van der Waals surface area contributed by atoms with Gasteiger partial charge in [0.2, 0.25) is 6.29 Å². The van der Waals surface area contributed by atoms with Crippen molar-refractivity contribution in [1.82, 2.24) is 0 Å². The van der Waals surface area contributed by atoms with Gasteiger partial charge in [-0.05, 0) is 0 Å². The van der Waals surface area contributed by atoms with E-state index in [4.69, 9.17) is 28.4 Å². The van der Waals surface area contributed by atoms with Crippen molar-refractivity contribution >= 4 is 5.97 Å². The largest absolute Gasteiger partial charge is 0.427 e. The molecular formula is C11H18O7. The predicted molar refractivity (Wildman–Crippen MR) is 59.5 cm³/mol. The maximum atomic E-state index is 11.7. The van der Waals surface area contributed by atoms with Crippen molar-refractivity contribution in [2.24, 2.45) is 0 Å². The summed E-state index contributed by atoms with van der Waals surface area (Å²) in [6, 6.07) is 0. The van der Waals surface area contributed by atoms with Crippen LogP contribution in [0.2, 0.25) is 0 Å². The van der Waals surface area contributed by atoms with Gasteiger partial charge in [0.05, 0.1) is 5.57 Å². The van der Waals surface area contributed by atoms with Gasteiger partial charge in [0.1, 0.15) is 6.10 Å². The van der Waals surface area contributed by atoms with E-state index >= 15 is 0 Å². The van der Waals surface area contributed by atoms with Crippen molar-refractivity contribution in [3.05, 3.63) is 12.2 Å². The van der Waals surface area contributed by atoms with Gasteiger partial charge in [-0.1, -0.05) is 6.58 Å². The summed E-state index contributed by atoms with van der Waals surface area (Å²) >= 11 is 0. The minimum Gasteiger partial charge on any atom is -0.427 e. The molecule has 1 aliphatic heterocycles. The second-order valence-corrected chi connectivity index (χ2v) is 3.54. The van der Waals surface area contributed by atoms with E-state index in [2.05, 4.69) is 6.58 Å². The summed E-state index contributed by atoms with van der Waals surface area (Å²) in [5.74, 6) is -0.602. The predicted octanol–water partition coefficient (Wildman–Crippen LogP) is 0.0485. The standard InChI is InChI=1S/C11H18O7/c1-6-7(9(13-2)14-3)17-11(18-8(6)12)10(15-4)16-5/h7,9-11H,1H2,2-5H3. The van der Waals surface area contributed by atoms with Gasteiger partial charge >= 0.3 is 5.97 Å². The summed E-state index contributed by atoms with van der Waals surface area (Å²) in [5.41, 5.74) is 0.117. The first kappa shape index (κ1) is 15.1. The second-order valence-electron chi connectivity index (χ2n) is 3.54. The number of methoxy groups -OCH3 is 4. The average Bonchev–Trinajstić information content (AvgIpc) is 2.37. The lowest BCUT2D eigenvalue weighted by Gasteiger charge is -2.36. The van der Waals surface area contributed by atoms with Crippen LogP contribution in [0.4, 0.5) is 0 Å². The maximum absolute atomic E-state index is 11.7. The van der Waals surface area contributed by atoms with Crippen LogP contribution < -0.4 is 0 Å². The second kappa shape index (κ2) is 6.81. The molecule has 7 heteroatoms. The number of ether oxygens (including phenoxy) is 6. The number of rotatable bonds is 6. The first-order valence-corrected chi connectivity index (χ1v) is 5.25. The Morgan fingerprint density at radius 2 is 1.56 bits per heavy atom. The molecule has 2 atom stereocenters. The summed E-state index contributed by atoms with van der Waals surface area (Å²) in [6.45, 7) is 3.60. The van der Waals surface area contributed by atoms with Crippen LogP contribution in [-0.2, 0) is 33.2 Å². The first-order chi connectivity index (χ1) is 8.58. The van der Waals surface area contributed by atoms with Crippen LogP contribution in [0.15, 0.2) is 12.2 Å². The van der Waals surface area contributed by atoms with Crippen LogP contribution >= 0.6 is 0 Å². The highest BCUT2D eigenvalue weighted by atomic mass is 16.8. The zero-order valence-corrected chi connectivity index (χ0v) is 10.9. The van der Waals surface area contributed by atoms with E-state index in [0.717, 1.165) is 0 Å². The van der Waals surface area contributed by atoms with Gasteiger partial charge in [0.15, 0.2) is 6.29 Å². The number of carbonyl (C=O) groups excluding carboxylic acids is 1. The van der Waals surface area contributed by atoms with Crippen LogP contribution in [0.3, 0.4) is 0 Å². The van der Waals surface area contributed by atoms with E-state index in [1.54, 1.807) is 0 Å². The zero-order chi connectivity index (χ0) is 13.7. The fourth-order valence-electron chi connectivity index (χ4n) is 1.56. The van der Waals surface area contributed by atoms with Crippen molar-refractivity contribution in [1.29, 1.82) is 0 Å². The highest BCUT2D eigenvalue weighted by Crippen LogP contribution is 2.25. The molecular weight excluding hydrogens is 244 g/mol. The maximum Gasteiger partial charge on any atom is 0.338 e. The number of hydrogen-bond acceptors (Lipinski definition) is 7. The van der Waals surface area contributed by atoms with Gasteiger partial charge in [-0.25, -0.2) is 4.79 Å². The average molecular weight is 262 g/mol. The lowest BCUT2D eigenvalue weighted by molar-refractivity contribution is -0.305. The van der Waals surface area contributed by atoms with Gasteiger partial charge in [-0.3, -0.25) is 0 Å². The van der Waals surface area contributed by atoms with Crippen molar-refractivity contribution in [3.63, 3.8) is 0 Å². The van der Waals surface area contributed by atoms with Crippen LogP contribution in [0.1, 0.15) is 0 Å². The molecule has 0 amide bonds. The molecule has 0 aromatic heterocycles. The molecule has 1 rings (SSSR count). The zero-order valence-electron chi connectivity index (χ0n) is 10.9. The Balaban J connectivity index is 2.83. The summed E-state index contributed by atoms with van der Waals surface area (Å²) < 4.78 is 30.6. The van der Waals surface area contributed by atoms with Gasteiger partial charge in [0, 0.05) is 28.4 Å². The molecule has 2 unspecified atom stereocenters. The molecule has 0 spiro atoms. The molecule has 0 radical (unpaired) electrons. The van der Waals surface area contributed by atoms with Crippen LogP contribution in [0.5, 0.6) is 0 Å². The molecule has 104 valence electrons. The minimum absolute atomic E-state index is 0.117. The highest BCUT2D eigenvalue weighted by molar-refractivity contribution is 5.89. The number of hydrogen-bond donors (Lipinski definition) is 0. The smallest absolute Gasteiger partial charge is 0.338 e. The lowest BCUT2D eigenvalue weighted by Crippen LogP contribution is -2.50. The first-order valence-electron chi connectivity index (χ1n) is 5.25. The molecule has 18 heavy (non-hydrogen) atoms. The van der Waals surface area contributed by atoms with Gasteiger partial charge in [-0.2, -0.15) is 0 Å². The van der Waals surface area contributed by atoms with Crippen molar-refractivity contribution < 1.29 is 33.2 Å². The number of esters is 1. The molecule has 0 N–H and O–H groups in total. The lowest BCUT2D eigenvalue weighted by atomic mass is 10.1. The quantitative estimate of drug-likeness (QED) is 0.380. The Labute approximate surface area is 106 Å². The fourth-order valence-corrected chi connectivity index (χ4v) is 1.56. The van der Waals surface area contributed by atoms with Crippen LogP contribution in [-0.4, -0.2) is 59.4 Å². The monoisotopic (exact) mass is 262 g/mol. The van der Waals surface area contributed by atoms with E-state index in [9.17, 15) is 4.79 Å². The molecule has 1 fully saturated rings. The summed E-state index contributed by atoms with van der Waals surface area (Å²) in [7, 11) is 5.69. The Morgan fingerprint density at radius 3 is 2.00 bits per heavy atom. The molecule has 0 aromatic rings. The molecule has 0 aliphatic carbocycles. The third kappa shape index (κ3) is 3.06. The van der Waals surface area contributed by atoms with E-state index in [0.29, 0.717) is 0 Å². The van der Waals surface area contributed by atoms with Crippen molar-refractivity contribution in [2.45, 2.75) is 25.0 Å². The van der Waals surface area contributed by atoms with E-state index in [1.165, 1.54) is 28.4 Å². The van der Waals surface area contributed by atoms with Crippen LogP contribution in [0.25, 0.3) is 0 Å². The summed E-state index contributed by atoms with van der Waals surface area (Å²) in [6.07, 6.45) is -3.38. The molecule has 0 saturated carbocycles. The Kier molecular flexibility index (Phi) is 5.70. The van der Waals surface area contributed by atoms with Gasteiger partial charge in [0.25, 0.3) is 6.29 Å². The number of cyclic esters (lactones) is 1. The van der Waals surface area contributed by atoms with E-state index in [-0.39, 0.29) is 5.57 Å². The highest BCUT2D eigenvalue weighted by Gasteiger charge is 2.41. The van der Waals surface area contributed by atoms with Crippen molar-refractivity contribution in [3.8, 4) is 0 Å². The number of carbonyl (C=O) groups is 1. The van der Waals surface area contributed by atoms with Crippen LogP contribution in [0, 0.1) is 0 Å². The molecule has 0 bridgehead atoms. The molecule has 0 aromatic carbocycles. The molecule has 1 aliphatic rings. The third-order valence-corrected chi connectivity index (χ3v) is 2.51. The summed E-state index contributed by atoms with van der Waals surface area (Å²) in [5, 5.41) is 0. The van der Waals surface area contributed by atoms with Crippen molar-refractivity contribution in [2.75, 3.05) is 28.4 Å². The SMILES string of the molecule is C=C1C(=O)OC(C(OC)OC)OC1C(OC)OC. The normalized spacial score (nSPS) is 24.8. The molecule has 1 heterocycles. The topological polar surface area (TPSA) is 72.5 Å². The Morgan fingerprint density at radius 1 is 1.06 bits per heavy atom. The Bertz CT molecular complexity index is 296. The summed E-state index contributed by atoms with van der Waals surface area (Å²) in [4.78, 5) is 11.7. The molecule has 1 saturated heterocycles. The molecule has 7 nitrogen and oxygen atoms in total. The fraction of sp³-hybridized carbons (Fsp3) is 0.727. The Hall–Kier alpha value is -0.990. The van der Waals surface area contributed by atoms with Gasteiger partial charge in [-0.15, -0.1) is 0 Å². The van der Waals surface area contributed by atoms with E-state index < -0.39 is 30.9 Å². The van der Waals surface area contributed by atoms with E-state index in [1.807, 2.05) is 0 Å².